The summed E-state index contributed by atoms with van der Waals surface area (Å²) in [5.41, 5.74) is 0.824. The molecule has 3 saturated heterocycles. The fraction of sp³-hybridized carbons (Fsp3) is 0.714. The van der Waals surface area contributed by atoms with E-state index in [1.165, 1.54) is 6.07 Å². The van der Waals surface area contributed by atoms with E-state index in [-0.39, 0.29) is 42.1 Å². The fourth-order valence-corrected chi connectivity index (χ4v) is 6.90. The molecular formula is C28H40FN3O5. The van der Waals surface area contributed by atoms with Crippen molar-refractivity contribution in [3.8, 4) is 0 Å². The Labute approximate surface area is 219 Å². The van der Waals surface area contributed by atoms with E-state index >= 15 is 0 Å². The van der Waals surface area contributed by atoms with E-state index in [2.05, 4.69) is 4.90 Å². The second-order valence-electron chi connectivity index (χ2n) is 12.1. The average molecular weight is 518 g/mol. The smallest absolute Gasteiger partial charge is 0.414 e. The summed E-state index contributed by atoms with van der Waals surface area (Å²) in [5, 5.41) is 0. The third-order valence-electron chi connectivity index (χ3n) is 8.60. The van der Waals surface area contributed by atoms with Gasteiger partial charge in [0.05, 0.1) is 12.3 Å². The standard InChI is InChI=1S/C28H40FN3O5/c1-27(2,3)37-25(33)31-18-28(23-15-19(29)5-8-24(23)31)9-11-30(12-10-28)22-16-20-6-7-21(17-22)32(20)26(34)36-14-13-35-4/h5,8,15,20-22H,6-7,9-14,16-18H2,1-4H3. The van der Waals surface area contributed by atoms with Crippen LogP contribution in [0.15, 0.2) is 18.2 Å². The Morgan fingerprint density at radius 2 is 1.70 bits per heavy atom. The summed E-state index contributed by atoms with van der Waals surface area (Å²) in [7, 11) is 1.60. The number of hydrogen-bond donors (Lipinski definition) is 0. The molecular weight excluding hydrogens is 477 g/mol. The van der Waals surface area contributed by atoms with Crippen molar-refractivity contribution in [1.82, 2.24) is 9.80 Å². The molecule has 2 unspecified atom stereocenters. The highest BCUT2D eigenvalue weighted by atomic mass is 19.1. The summed E-state index contributed by atoms with van der Waals surface area (Å²) in [6.45, 7) is 8.57. The zero-order valence-corrected chi connectivity index (χ0v) is 22.5. The number of amides is 2. The zero-order valence-electron chi connectivity index (χ0n) is 22.5. The minimum atomic E-state index is -0.596. The van der Waals surface area contributed by atoms with Gasteiger partial charge in [0.15, 0.2) is 0 Å². The van der Waals surface area contributed by atoms with Gasteiger partial charge in [0, 0.05) is 37.2 Å². The monoisotopic (exact) mass is 517 g/mol. The Morgan fingerprint density at radius 3 is 2.32 bits per heavy atom. The lowest BCUT2D eigenvalue weighted by Crippen LogP contribution is -2.55. The van der Waals surface area contributed by atoms with Gasteiger partial charge in [-0.05, 0) is 96.1 Å². The van der Waals surface area contributed by atoms with Crippen molar-refractivity contribution in [2.45, 2.75) is 88.4 Å². The van der Waals surface area contributed by atoms with Crippen LogP contribution < -0.4 is 4.90 Å². The average Bonchev–Trinajstić information content (AvgIpc) is 3.29. The summed E-state index contributed by atoms with van der Waals surface area (Å²) in [4.78, 5) is 31.9. The lowest BCUT2D eigenvalue weighted by atomic mass is 9.73. The number of carbonyl (C=O) groups is 2. The Balaban J connectivity index is 1.25. The second kappa shape index (κ2) is 10.1. The van der Waals surface area contributed by atoms with Gasteiger partial charge >= 0.3 is 12.2 Å². The van der Waals surface area contributed by atoms with Crippen molar-refractivity contribution in [3.63, 3.8) is 0 Å². The predicted octanol–water partition coefficient (Wildman–Crippen LogP) is 4.69. The number of halogens is 1. The zero-order chi connectivity index (χ0) is 26.4. The molecule has 8 nitrogen and oxygen atoms in total. The maximum atomic E-state index is 14.4. The molecule has 4 aliphatic heterocycles. The Bertz CT molecular complexity index is 1010. The molecule has 4 aliphatic rings. The van der Waals surface area contributed by atoms with Gasteiger partial charge in [-0.25, -0.2) is 14.0 Å². The Kier molecular flexibility index (Phi) is 7.13. The van der Waals surface area contributed by atoms with Crippen LogP contribution in [0.5, 0.6) is 0 Å². The van der Waals surface area contributed by atoms with Crippen molar-refractivity contribution < 1.29 is 28.2 Å². The molecule has 37 heavy (non-hydrogen) atoms. The van der Waals surface area contributed by atoms with Crippen molar-refractivity contribution in [2.75, 3.05) is 44.9 Å². The molecule has 2 bridgehead atoms. The topological polar surface area (TPSA) is 71.6 Å². The summed E-state index contributed by atoms with van der Waals surface area (Å²) < 4.78 is 30.5. The van der Waals surface area contributed by atoms with Crippen LogP contribution >= 0.6 is 0 Å². The lowest BCUT2D eigenvalue weighted by molar-refractivity contribution is 0.0191. The molecule has 2 amide bonds. The third-order valence-corrected chi connectivity index (χ3v) is 8.60. The quantitative estimate of drug-likeness (QED) is 0.540. The number of carbonyl (C=O) groups excluding carboxylic acids is 2. The van der Waals surface area contributed by atoms with E-state index in [9.17, 15) is 14.0 Å². The molecule has 0 aliphatic carbocycles. The molecule has 0 N–H and O–H groups in total. The predicted molar refractivity (Wildman–Crippen MR) is 137 cm³/mol. The molecule has 3 fully saturated rings. The van der Waals surface area contributed by atoms with Gasteiger partial charge in [0.2, 0.25) is 0 Å². The van der Waals surface area contributed by atoms with Gasteiger partial charge in [-0.1, -0.05) is 0 Å². The summed E-state index contributed by atoms with van der Waals surface area (Å²) in [6, 6.07) is 5.62. The largest absolute Gasteiger partial charge is 0.447 e. The maximum absolute atomic E-state index is 14.4. The van der Waals surface area contributed by atoms with Gasteiger partial charge in [0.25, 0.3) is 0 Å². The van der Waals surface area contributed by atoms with Crippen LogP contribution in [0.25, 0.3) is 0 Å². The first-order chi connectivity index (χ1) is 17.6. The summed E-state index contributed by atoms with van der Waals surface area (Å²) in [6.07, 6.45) is 5.09. The van der Waals surface area contributed by atoms with Crippen LogP contribution in [-0.2, 0) is 19.6 Å². The molecule has 4 heterocycles. The van der Waals surface area contributed by atoms with Crippen LogP contribution in [0.1, 0.15) is 64.9 Å². The Morgan fingerprint density at radius 1 is 1.03 bits per heavy atom. The number of ether oxygens (including phenoxy) is 3. The Hall–Kier alpha value is -2.39. The number of fused-ring (bicyclic) bond motifs is 4. The van der Waals surface area contributed by atoms with E-state index in [0.29, 0.717) is 19.2 Å². The normalized spacial score (nSPS) is 26.9. The van der Waals surface area contributed by atoms with E-state index < -0.39 is 5.60 Å². The SMILES string of the molecule is COCCOC(=O)N1C2CCC1CC(N1CCC3(CC1)CN(C(=O)OC(C)(C)C)c1ccc(F)cc13)C2. The lowest BCUT2D eigenvalue weighted by Gasteiger charge is -2.47. The van der Waals surface area contributed by atoms with Gasteiger partial charge in [-0.2, -0.15) is 0 Å². The van der Waals surface area contributed by atoms with Crippen LogP contribution in [0.3, 0.4) is 0 Å². The second-order valence-corrected chi connectivity index (χ2v) is 12.1. The number of anilines is 1. The molecule has 1 aromatic rings. The molecule has 1 spiro atoms. The highest BCUT2D eigenvalue weighted by Crippen LogP contribution is 2.49. The third kappa shape index (κ3) is 5.17. The molecule has 0 radical (unpaired) electrons. The number of likely N-dealkylation sites (tertiary alicyclic amines) is 1. The molecule has 2 atom stereocenters. The van der Waals surface area contributed by atoms with Crippen LogP contribution in [0.4, 0.5) is 19.7 Å². The molecule has 1 aromatic carbocycles. The van der Waals surface area contributed by atoms with Crippen LogP contribution in [0.2, 0.25) is 0 Å². The first kappa shape index (κ1) is 26.2. The number of piperidine rings is 2. The first-order valence-electron chi connectivity index (χ1n) is 13.6. The van der Waals surface area contributed by atoms with E-state index in [4.69, 9.17) is 14.2 Å². The minimum Gasteiger partial charge on any atom is -0.447 e. The van der Waals surface area contributed by atoms with Gasteiger partial charge in [-0.15, -0.1) is 0 Å². The molecule has 5 rings (SSSR count). The number of nitrogens with zero attached hydrogens (tertiary/aromatic N) is 3. The van der Waals surface area contributed by atoms with Crippen molar-refractivity contribution in [3.05, 3.63) is 29.6 Å². The molecule has 0 saturated carbocycles. The van der Waals surface area contributed by atoms with Gasteiger partial charge in [-0.3, -0.25) is 4.90 Å². The number of hydrogen-bond acceptors (Lipinski definition) is 6. The maximum Gasteiger partial charge on any atom is 0.414 e. The van der Waals surface area contributed by atoms with Crippen LogP contribution in [0, 0.1) is 5.82 Å². The van der Waals surface area contributed by atoms with Crippen molar-refractivity contribution in [2.24, 2.45) is 0 Å². The summed E-state index contributed by atoms with van der Waals surface area (Å²) >= 11 is 0. The van der Waals surface area contributed by atoms with Crippen LogP contribution in [-0.4, -0.2) is 85.7 Å². The van der Waals surface area contributed by atoms with Crippen molar-refractivity contribution in [1.29, 1.82) is 0 Å². The van der Waals surface area contributed by atoms with Gasteiger partial charge < -0.3 is 24.0 Å². The van der Waals surface area contributed by atoms with E-state index in [0.717, 1.165) is 62.9 Å². The van der Waals surface area contributed by atoms with E-state index in [1.807, 2.05) is 25.7 Å². The number of methoxy groups -OCH3 is 1. The highest BCUT2D eigenvalue weighted by Gasteiger charge is 2.50. The fourth-order valence-electron chi connectivity index (χ4n) is 6.90. The summed E-state index contributed by atoms with van der Waals surface area (Å²) in [5.74, 6) is -0.270. The van der Waals surface area contributed by atoms with E-state index in [1.54, 1.807) is 24.1 Å². The molecule has 9 heteroatoms. The van der Waals surface area contributed by atoms with Gasteiger partial charge in [0.1, 0.15) is 18.0 Å². The first-order valence-corrected chi connectivity index (χ1v) is 13.6. The molecule has 0 aromatic heterocycles. The number of benzene rings is 1. The minimum absolute atomic E-state index is 0.215. The van der Waals surface area contributed by atoms with Crippen molar-refractivity contribution >= 4 is 17.9 Å². The highest BCUT2D eigenvalue weighted by molar-refractivity contribution is 5.91. The molecule has 204 valence electrons. The number of rotatable bonds is 4.